The van der Waals surface area contributed by atoms with Gasteiger partial charge in [-0.25, -0.2) is 4.39 Å². The minimum Gasteiger partial charge on any atom is -0.290 e. The van der Waals surface area contributed by atoms with Crippen LogP contribution in [0, 0.1) is 5.82 Å². The van der Waals surface area contributed by atoms with Crippen LogP contribution in [-0.2, 0) is 0 Å². The summed E-state index contributed by atoms with van der Waals surface area (Å²) in [6.45, 7) is 1.94. The lowest BCUT2D eigenvalue weighted by molar-refractivity contribution is 0.606. The Balaban J connectivity index is 2.08. The lowest BCUT2D eigenvalue weighted by Crippen LogP contribution is -2.09. The first-order chi connectivity index (χ1) is 10.2. The third kappa shape index (κ3) is 2.67. The predicted octanol–water partition coefficient (Wildman–Crippen LogP) is 4.35. The van der Waals surface area contributed by atoms with Crippen molar-refractivity contribution in [2.45, 2.75) is 13.0 Å². The molecule has 1 unspecified atom stereocenters. The smallest absolute Gasteiger partial charge is 0.225 e. The largest absolute Gasteiger partial charge is 0.290 e. The molecule has 21 heavy (non-hydrogen) atoms. The SMILES string of the molecule is CC(c1cccc(F)c1)n1c(Cl)nnc1-c1ccccc1. The van der Waals surface area contributed by atoms with Gasteiger partial charge < -0.3 is 0 Å². The maximum atomic E-state index is 13.4. The van der Waals surface area contributed by atoms with E-state index < -0.39 is 0 Å². The zero-order valence-corrected chi connectivity index (χ0v) is 12.1. The van der Waals surface area contributed by atoms with Gasteiger partial charge in [-0.1, -0.05) is 42.5 Å². The van der Waals surface area contributed by atoms with Crippen LogP contribution in [0.2, 0.25) is 5.28 Å². The predicted molar refractivity (Wildman–Crippen MR) is 80.7 cm³/mol. The highest BCUT2D eigenvalue weighted by atomic mass is 35.5. The van der Waals surface area contributed by atoms with E-state index >= 15 is 0 Å². The lowest BCUT2D eigenvalue weighted by atomic mass is 10.1. The van der Waals surface area contributed by atoms with Crippen LogP contribution in [0.15, 0.2) is 54.6 Å². The van der Waals surface area contributed by atoms with Crippen molar-refractivity contribution in [2.24, 2.45) is 0 Å². The van der Waals surface area contributed by atoms with Crippen molar-refractivity contribution >= 4 is 11.6 Å². The molecule has 0 amide bonds. The van der Waals surface area contributed by atoms with Crippen LogP contribution in [0.3, 0.4) is 0 Å². The van der Waals surface area contributed by atoms with E-state index in [0.29, 0.717) is 5.82 Å². The Morgan fingerprint density at radius 3 is 2.52 bits per heavy atom. The van der Waals surface area contributed by atoms with Gasteiger partial charge >= 0.3 is 0 Å². The number of aromatic nitrogens is 3. The van der Waals surface area contributed by atoms with Gasteiger partial charge in [0.25, 0.3) is 0 Å². The molecule has 1 heterocycles. The zero-order chi connectivity index (χ0) is 14.8. The van der Waals surface area contributed by atoms with Crippen molar-refractivity contribution in [3.05, 3.63) is 71.3 Å². The number of hydrogen-bond donors (Lipinski definition) is 0. The Labute approximate surface area is 127 Å². The van der Waals surface area contributed by atoms with Gasteiger partial charge in [-0.2, -0.15) is 0 Å². The van der Waals surface area contributed by atoms with E-state index in [4.69, 9.17) is 11.6 Å². The van der Waals surface area contributed by atoms with Gasteiger partial charge in [0.2, 0.25) is 5.28 Å². The number of hydrogen-bond acceptors (Lipinski definition) is 2. The van der Waals surface area contributed by atoms with Crippen LogP contribution >= 0.6 is 11.6 Å². The highest BCUT2D eigenvalue weighted by Crippen LogP contribution is 2.28. The number of rotatable bonds is 3. The van der Waals surface area contributed by atoms with Crippen LogP contribution in [0.5, 0.6) is 0 Å². The molecule has 0 saturated heterocycles. The maximum absolute atomic E-state index is 13.4. The van der Waals surface area contributed by atoms with Crippen LogP contribution in [0.25, 0.3) is 11.4 Å². The Bertz CT molecular complexity index is 755. The molecular weight excluding hydrogens is 289 g/mol. The quantitative estimate of drug-likeness (QED) is 0.720. The molecule has 1 aromatic heterocycles. The van der Waals surface area contributed by atoms with Crippen molar-refractivity contribution in [3.63, 3.8) is 0 Å². The molecule has 106 valence electrons. The molecule has 3 aromatic rings. The van der Waals surface area contributed by atoms with E-state index in [-0.39, 0.29) is 17.1 Å². The molecule has 0 aliphatic carbocycles. The number of halogens is 2. The first kappa shape index (κ1) is 13.8. The van der Waals surface area contributed by atoms with Gasteiger partial charge in [0.1, 0.15) is 5.82 Å². The molecular formula is C16H13ClFN3. The van der Waals surface area contributed by atoms with Crippen molar-refractivity contribution < 1.29 is 4.39 Å². The van der Waals surface area contributed by atoms with Crippen LogP contribution < -0.4 is 0 Å². The summed E-state index contributed by atoms with van der Waals surface area (Å²) in [5.41, 5.74) is 1.73. The fourth-order valence-corrected chi connectivity index (χ4v) is 2.58. The summed E-state index contributed by atoms with van der Waals surface area (Å²) in [5, 5.41) is 8.37. The summed E-state index contributed by atoms with van der Waals surface area (Å²) in [6, 6.07) is 16.0. The molecule has 0 aliphatic heterocycles. The Hall–Kier alpha value is -2.20. The second-order valence-electron chi connectivity index (χ2n) is 4.76. The van der Waals surface area contributed by atoms with Crippen LogP contribution in [0.1, 0.15) is 18.5 Å². The molecule has 0 saturated carbocycles. The number of nitrogens with zero attached hydrogens (tertiary/aromatic N) is 3. The summed E-state index contributed by atoms with van der Waals surface area (Å²) in [6.07, 6.45) is 0. The summed E-state index contributed by atoms with van der Waals surface area (Å²) in [5.74, 6) is 0.391. The van der Waals surface area contributed by atoms with Crippen LogP contribution in [0.4, 0.5) is 4.39 Å². The summed E-state index contributed by atoms with van der Waals surface area (Å²) >= 11 is 6.17. The average molecular weight is 302 g/mol. The first-order valence-corrected chi connectivity index (χ1v) is 6.96. The molecule has 5 heteroatoms. The highest BCUT2D eigenvalue weighted by Gasteiger charge is 2.19. The van der Waals surface area contributed by atoms with Gasteiger partial charge in [-0.05, 0) is 36.2 Å². The van der Waals surface area contributed by atoms with Gasteiger partial charge in [0, 0.05) is 5.56 Å². The zero-order valence-electron chi connectivity index (χ0n) is 11.4. The van der Waals surface area contributed by atoms with Crippen molar-refractivity contribution in [3.8, 4) is 11.4 Å². The Morgan fingerprint density at radius 1 is 1.05 bits per heavy atom. The molecule has 0 fully saturated rings. The van der Waals surface area contributed by atoms with Crippen molar-refractivity contribution in [1.29, 1.82) is 0 Å². The lowest BCUT2D eigenvalue weighted by Gasteiger charge is -2.17. The van der Waals surface area contributed by atoms with E-state index in [9.17, 15) is 4.39 Å². The molecule has 1 atom stereocenters. The monoisotopic (exact) mass is 301 g/mol. The second-order valence-corrected chi connectivity index (χ2v) is 5.10. The Morgan fingerprint density at radius 2 is 1.81 bits per heavy atom. The summed E-state index contributed by atoms with van der Waals surface area (Å²) < 4.78 is 15.2. The molecule has 0 spiro atoms. The molecule has 3 nitrogen and oxygen atoms in total. The normalized spacial score (nSPS) is 12.3. The van der Waals surface area contributed by atoms with Gasteiger partial charge in [-0.15, -0.1) is 10.2 Å². The van der Waals surface area contributed by atoms with Crippen molar-refractivity contribution in [2.75, 3.05) is 0 Å². The average Bonchev–Trinajstić information content (AvgIpc) is 2.89. The molecule has 2 aromatic carbocycles. The molecule has 0 N–H and O–H groups in total. The van der Waals surface area contributed by atoms with E-state index in [1.165, 1.54) is 12.1 Å². The fraction of sp³-hybridized carbons (Fsp3) is 0.125. The topological polar surface area (TPSA) is 30.7 Å². The summed E-state index contributed by atoms with van der Waals surface area (Å²) in [4.78, 5) is 0. The van der Waals surface area contributed by atoms with E-state index in [2.05, 4.69) is 10.2 Å². The van der Waals surface area contributed by atoms with Gasteiger partial charge in [0.05, 0.1) is 6.04 Å². The highest BCUT2D eigenvalue weighted by molar-refractivity contribution is 6.28. The minimum atomic E-state index is -0.273. The molecule has 3 rings (SSSR count). The van der Waals surface area contributed by atoms with Gasteiger partial charge in [0.15, 0.2) is 5.82 Å². The fourth-order valence-electron chi connectivity index (χ4n) is 2.32. The summed E-state index contributed by atoms with van der Waals surface area (Å²) in [7, 11) is 0. The molecule has 0 radical (unpaired) electrons. The van der Waals surface area contributed by atoms with Gasteiger partial charge in [-0.3, -0.25) is 4.57 Å². The molecule has 0 bridgehead atoms. The van der Waals surface area contributed by atoms with E-state index in [1.807, 2.05) is 43.3 Å². The molecule has 0 aliphatic rings. The van der Waals surface area contributed by atoms with E-state index in [0.717, 1.165) is 11.1 Å². The Kier molecular flexibility index (Phi) is 3.71. The maximum Gasteiger partial charge on any atom is 0.225 e. The third-order valence-corrected chi connectivity index (χ3v) is 3.66. The van der Waals surface area contributed by atoms with Crippen LogP contribution in [-0.4, -0.2) is 14.8 Å². The first-order valence-electron chi connectivity index (χ1n) is 6.58. The van der Waals surface area contributed by atoms with Crippen molar-refractivity contribution in [1.82, 2.24) is 14.8 Å². The standard InChI is InChI=1S/C16H13ClFN3/c1-11(13-8-5-9-14(18)10-13)21-15(19-20-16(21)17)12-6-3-2-4-7-12/h2-11H,1H3. The third-order valence-electron chi connectivity index (χ3n) is 3.40. The minimum absolute atomic E-state index is 0.168. The number of benzene rings is 2. The second kappa shape index (κ2) is 5.66. The van der Waals surface area contributed by atoms with E-state index in [1.54, 1.807) is 10.6 Å².